The fourth-order valence-corrected chi connectivity index (χ4v) is 3.26. The molecule has 1 atom stereocenters. The van der Waals surface area contributed by atoms with E-state index in [0.29, 0.717) is 11.7 Å². The minimum Gasteiger partial charge on any atom is -0.376 e. The second-order valence-electron chi connectivity index (χ2n) is 6.94. The number of thiocarbonyl (C=S) groups is 1. The Balaban J connectivity index is 1.56. The highest BCUT2D eigenvalue weighted by molar-refractivity contribution is 7.80. The summed E-state index contributed by atoms with van der Waals surface area (Å²) in [7, 11) is 0. The number of ether oxygens (including phenoxy) is 1. The summed E-state index contributed by atoms with van der Waals surface area (Å²) < 4.78 is 7.58. The number of hydrogen-bond donors (Lipinski definition) is 2. The van der Waals surface area contributed by atoms with Gasteiger partial charge >= 0.3 is 0 Å². The van der Waals surface area contributed by atoms with E-state index in [1.165, 1.54) is 11.1 Å². The van der Waals surface area contributed by atoms with E-state index in [9.17, 15) is 0 Å². The minimum absolute atomic E-state index is 0.248. The van der Waals surface area contributed by atoms with E-state index >= 15 is 0 Å². The molecular weight excluding hydrogens is 358 g/mol. The van der Waals surface area contributed by atoms with E-state index < -0.39 is 0 Å². The Morgan fingerprint density at radius 2 is 2.11 bits per heavy atom. The Morgan fingerprint density at radius 3 is 2.81 bits per heavy atom. The quantitative estimate of drug-likeness (QED) is 0.455. The predicted molar refractivity (Wildman–Crippen MR) is 112 cm³/mol. The standard InChI is InChI=1S/C20H27N5OS/c1-14-6-8-17(9-7-14)13-25-16(3)19(15(2)24-25)12-22-23-20(27)21-11-18-5-4-10-26-18/h6-9,12,18H,4-5,10-11,13H2,1-3H3,(H2,21,23,27)/b22-12-/t18-/m0/s1. The SMILES string of the molecule is Cc1ccc(Cn2nc(C)c(/C=N\NC(=S)NC[C@@H]3CCCO3)c2C)cc1. The summed E-state index contributed by atoms with van der Waals surface area (Å²) in [6.45, 7) is 8.45. The molecule has 1 aromatic carbocycles. The van der Waals surface area contributed by atoms with Crippen molar-refractivity contribution in [3.05, 3.63) is 52.3 Å². The summed E-state index contributed by atoms with van der Waals surface area (Å²) in [5.74, 6) is 0. The topological polar surface area (TPSA) is 63.5 Å². The van der Waals surface area contributed by atoms with Crippen LogP contribution in [-0.2, 0) is 11.3 Å². The molecule has 1 aliphatic rings. The van der Waals surface area contributed by atoms with Crippen molar-refractivity contribution >= 4 is 23.5 Å². The first-order valence-corrected chi connectivity index (χ1v) is 9.72. The van der Waals surface area contributed by atoms with Crippen molar-refractivity contribution in [2.75, 3.05) is 13.2 Å². The van der Waals surface area contributed by atoms with Gasteiger partial charge < -0.3 is 10.1 Å². The highest BCUT2D eigenvalue weighted by Gasteiger charge is 2.15. The van der Waals surface area contributed by atoms with Gasteiger partial charge in [0.1, 0.15) is 0 Å². The van der Waals surface area contributed by atoms with Crippen LogP contribution in [0.15, 0.2) is 29.4 Å². The van der Waals surface area contributed by atoms with Crippen LogP contribution in [0, 0.1) is 20.8 Å². The molecule has 1 aliphatic heterocycles. The van der Waals surface area contributed by atoms with Crippen LogP contribution in [0.4, 0.5) is 0 Å². The average molecular weight is 386 g/mol. The van der Waals surface area contributed by atoms with E-state index in [1.807, 2.05) is 11.6 Å². The first kappa shape index (κ1) is 19.5. The number of nitrogens with zero attached hydrogens (tertiary/aromatic N) is 3. The lowest BCUT2D eigenvalue weighted by atomic mass is 10.1. The van der Waals surface area contributed by atoms with Gasteiger partial charge in [-0.1, -0.05) is 29.8 Å². The molecule has 27 heavy (non-hydrogen) atoms. The molecule has 0 spiro atoms. The molecule has 0 unspecified atom stereocenters. The molecule has 1 fully saturated rings. The van der Waals surface area contributed by atoms with Crippen LogP contribution in [0.2, 0.25) is 0 Å². The van der Waals surface area contributed by atoms with Gasteiger partial charge in [0, 0.05) is 24.4 Å². The fraction of sp³-hybridized carbons (Fsp3) is 0.450. The molecule has 0 radical (unpaired) electrons. The van der Waals surface area contributed by atoms with Gasteiger partial charge in [-0.15, -0.1) is 0 Å². The monoisotopic (exact) mass is 385 g/mol. The van der Waals surface area contributed by atoms with Crippen molar-refractivity contribution in [2.45, 2.75) is 46.3 Å². The number of aryl methyl sites for hydroxylation is 2. The van der Waals surface area contributed by atoms with E-state index in [2.05, 4.69) is 59.1 Å². The zero-order valence-corrected chi connectivity index (χ0v) is 17.0. The molecule has 0 amide bonds. The molecule has 6 nitrogen and oxygen atoms in total. The van der Waals surface area contributed by atoms with Gasteiger partial charge in [-0.3, -0.25) is 10.1 Å². The Kier molecular flexibility index (Phi) is 6.58. The van der Waals surface area contributed by atoms with Crippen LogP contribution in [0.25, 0.3) is 0 Å². The zero-order chi connectivity index (χ0) is 19.2. The number of hydrogen-bond acceptors (Lipinski definition) is 4. The third-order valence-corrected chi connectivity index (χ3v) is 5.00. The van der Waals surface area contributed by atoms with Crippen LogP contribution in [0.3, 0.4) is 0 Å². The maximum atomic E-state index is 5.57. The third kappa shape index (κ3) is 5.37. The van der Waals surface area contributed by atoms with E-state index in [4.69, 9.17) is 17.0 Å². The number of hydrazone groups is 1. The van der Waals surface area contributed by atoms with E-state index in [0.717, 1.165) is 42.9 Å². The summed E-state index contributed by atoms with van der Waals surface area (Å²) in [6.07, 6.45) is 4.23. The molecule has 2 heterocycles. The molecule has 1 saturated heterocycles. The van der Waals surface area contributed by atoms with Crippen molar-refractivity contribution in [1.29, 1.82) is 0 Å². The largest absolute Gasteiger partial charge is 0.376 e. The Bertz CT molecular complexity index is 807. The number of aromatic nitrogens is 2. The molecule has 0 saturated carbocycles. The first-order chi connectivity index (χ1) is 13.0. The fourth-order valence-electron chi connectivity index (χ4n) is 3.12. The molecule has 2 N–H and O–H groups in total. The molecular formula is C20H27N5OS. The van der Waals surface area contributed by atoms with Gasteiger partial charge in [0.25, 0.3) is 0 Å². The summed E-state index contributed by atoms with van der Waals surface area (Å²) in [6, 6.07) is 8.52. The van der Waals surface area contributed by atoms with Crippen molar-refractivity contribution in [3.63, 3.8) is 0 Å². The normalized spacial score (nSPS) is 16.8. The summed E-state index contributed by atoms with van der Waals surface area (Å²) in [5, 5.41) is 12.6. The Morgan fingerprint density at radius 1 is 1.33 bits per heavy atom. The predicted octanol–water partition coefficient (Wildman–Crippen LogP) is 2.83. The number of benzene rings is 1. The van der Waals surface area contributed by atoms with E-state index in [-0.39, 0.29) is 6.10 Å². The van der Waals surface area contributed by atoms with Gasteiger partial charge in [0.15, 0.2) is 5.11 Å². The van der Waals surface area contributed by atoms with Crippen molar-refractivity contribution in [2.24, 2.45) is 5.10 Å². The molecule has 2 aromatic rings. The second-order valence-corrected chi connectivity index (χ2v) is 7.35. The van der Waals surface area contributed by atoms with Gasteiger partial charge in [0.05, 0.1) is 24.6 Å². The zero-order valence-electron chi connectivity index (χ0n) is 16.2. The van der Waals surface area contributed by atoms with Crippen molar-refractivity contribution < 1.29 is 4.74 Å². The average Bonchev–Trinajstić information content (AvgIpc) is 3.26. The van der Waals surface area contributed by atoms with Crippen LogP contribution in [0.5, 0.6) is 0 Å². The molecule has 0 bridgehead atoms. The van der Waals surface area contributed by atoms with Crippen LogP contribution in [-0.4, -0.2) is 40.4 Å². The number of rotatable bonds is 6. The highest BCUT2D eigenvalue weighted by atomic mass is 32.1. The minimum atomic E-state index is 0.248. The summed E-state index contributed by atoms with van der Waals surface area (Å²) >= 11 is 5.26. The Labute approximate surface area is 166 Å². The van der Waals surface area contributed by atoms with Crippen LogP contribution < -0.4 is 10.7 Å². The maximum Gasteiger partial charge on any atom is 0.187 e. The number of nitrogens with one attached hydrogen (secondary N) is 2. The van der Waals surface area contributed by atoms with Gasteiger partial charge in [-0.2, -0.15) is 10.2 Å². The maximum absolute atomic E-state index is 5.57. The van der Waals surface area contributed by atoms with E-state index in [1.54, 1.807) is 6.21 Å². The Hall–Kier alpha value is -2.25. The summed E-state index contributed by atoms with van der Waals surface area (Å²) in [4.78, 5) is 0. The third-order valence-electron chi connectivity index (χ3n) is 4.76. The lowest BCUT2D eigenvalue weighted by molar-refractivity contribution is 0.114. The van der Waals surface area contributed by atoms with Gasteiger partial charge in [-0.25, -0.2) is 0 Å². The molecule has 3 rings (SSSR count). The van der Waals surface area contributed by atoms with Gasteiger partial charge in [-0.05, 0) is 51.4 Å². The van der Waals surface area contributed by atoms with Gasteiger partial charge in [0.2, 0.25) is 0 Å². The highest BCUT2D eigenvalue weighted by Crippen LogP contribution is 2.13. The summed E-state index contributed by atoms with van der Waals surface area (Å²) in [5.41, 5.74) is 8.40. The van der Waals surface area contributed by atoms with Crippen LogP contribution in [0.1, 0.15) is 40.9 Å². The van der Waals surface area contributed by atoms with Crippen LogP contribution >= 0.6 is 12.2 Å². The molecule has 7 heteroatoms. The second kappa shape index (κ2) is 9.10. The smallest absolute Gasteiger partial charge is 0.187 e. The molecule has 1 aromatic heterocycles. The first-order valence-electron chi connectivity index (χ1n) is 9.31. The van der Waals surface area contributed by atoms with Crippen molar-refractivity contribution in [3.8, 4) is 0 Å². The lowest BCUT2D eigenvalue weighted by Crippen LogP contribution is -2.37. The lowest BCUT2D eigenvalue weighted by Gasteiger charge is -2.11. The van der Waals surface area contributed by atoms with Crippen molar-refractivity contribution in [1.82, 2.24) is 20.5 Å². The molecule has 144 valence electrons. The molecule has 0 aliphatic carbocycles.